The Bertz CT molecular complexity index is 454. The van der Waals surface area contributed by atoms with E-state index < -0.39 is 0 Å². The highest BCUT2D eigenvalue weighted by Gasteiger charge is 2.26. The van der Waals surface area contributed by atoms with Crippen molar-refractivity contribution in [1.82, 2.24) is 5.32 Å². The van der Waals surface area contributed by atoms with Gasteiger partial charge in [-0.15, -0.1) is 11.8 Å². The van der Waals surface area contributed by atoms with Crippen molar-refractivity contribution in [2.75, 3.05) is 12.3 Å². The summed E-state index contributed by atoms with van der Waals surface area (Å²) >= 11 is 1.62. The summed E-state index contributed by atoms with van der Waals surface area (Å²) in [6.07, 6.45) is 3.88. The van der Waals surface area contributed by atoms with E-state index in [0.29, 0.717) is 5.92 Å². The third-order valence-electron chi connectivity index (χ3n) is 4.19. The molecule has 19 heavy (non-hydrogen) atoms. The number of nitrogens with one attached hydrogen (secondary N) is 1. The molecule has 2 N–H and O–H groups in total. The van der Waals surface area contributed by atoms with Gasteiger partial charge in [-0.25, -0.2) is 4.39 Å². The smallest absolute Gasteiger partial charge is 0.137 e. The standard InChI is InChI=1S/C15H20FNOS/c16-13-3-1-2-12-14(6-7-19-15(12)13)17-9-10-4-5-11(18)8-10/h1-3,10-11,14,17-18H,4-9H2. The Morgan fingerprint density at radius 1 is 1.32 bits per heavy atom. The molecule has 1 fully saturated rings. The predicted molar refractivity (Wildman–Crippen MR) is 75.8 cm³/mol. The fourth-order valence-corrected chi connectivity index (χ4v) is 4.28. The molecule has 104 valence electrons. The van der Waals surface area contributed by atoms with Crippen LogP contribution in [0, 0.1) is 11.7 Å². The molecular weight excluding hydrogens is 261 g/mol. The summed E-state index contributed by atoms with van der Waals surface area (Å²) in [5.74, 6) is 1.45. The average molecular weight is 281 g/mol. The maximum atomic E-state index is 13.8. The maximum absolute atomic E-state index is 13.8. The number of rotatable bonds is 3. The van der Waals surface area contributed by atoms with Crippen LogP contribution in [0.2, 0.25) is 0 Å². The van der Waals surface area contributed by atoms with E-state index in [1.54, 1.807) is 23.9 Å². The minimum Gasteiger partial charge on any atom is -0.393 e. The lowest BCUT2D eigenvalue weighted by molar-refractivity contribution is 0.177. The molecule has 0 amide bonds. The van der Waals surface area contributed by atoms with Crippen molar-refractivity contribution in [3.05, 3.63) is 29.6 Å². The van der Waals surface area contributed by atoms with Gasteiger partial charge in [0.25, 0.3) is 0 Å². The molecule has 3 atom stereocenters. The number of thioether (sulfide) groups is 1. The van der Waals surface area contributed by atoms with Gasteiger partial charge in [0, 0.05) is 10.9 Å². The van der Waals surface area contributed by atoms with Crippen LogP contribution in [0.25, 0.3) is 0 Å². The van der Waals surface area contributed by atoms with Crippen molar-refractivity contribution >= 4 is 11.8 Å². The predicted octanol–water partition coefficient (Wildman–Crippen LogP) is 3.11. The van der Waals surface area contributed by atoms with E-state index in [-0.39, 0.29) is 18.0 Å². The van der Waals surface area contributed by atoms with Crippen LogP contribution >= 0.6 is 11.8 Å². The summed E-state index contributed by atoms with van der Waals surface area (Å²) < 4.78 is 13.8. The fourth-order valence-electron chi connectivity index (χ4n) is 3.14. The number of benzene rings is 1. The topological polar surface area (TPSA) is 32.3 Å². The van der Waals surface area contributed by atoms with Crippen molar-refractivity contribution in [2.24, 2.45) is 5.92 Å². The zero-order valence-corrected chi connectivity index (χ0v) is 11.8. The van der Waals surface area contributed by atoms with Gasteiger partial charge in [-0.05, 0) is 55.5 Å². The SMILES string of the molecule is OC1CCC(CNC2CCSc3c(F)cccc32)C1. The Labute approximate surface area is 117 Å². The molecule has 0 aromatic heterocycles. The molecule has 2 aliphatic rings. The van der Waals surface area contributed by atoms with Gasteiger partial charge in [-0.3, -0.25) is 0 Å². The number of hydrogen-bond acceptors (Lipinski definition) is 3. The van der Waals surface area contributed by atoms with Crippen LogP contribution in [-0.2, 0) is 0 Å². The van der Waals surface area contributed by atoms with Crippen LogP contribution in [0.5, 0.6) is 0 Å². The van der Waals surface area contributed by atoms with Crippen LogP contribution in [0.4, 0.5) is 4.39 Å². The molecule has 1 aliphatic heterocycles. The lowest BCUT2D eigenvalue weighted by atomic mass is 10.0. The molecule has 3 rings (SSSR count). The number of fused-ring (bicyclic) bond motifs is 1. The van der Waals surface area contributed by atoms with Crippen LogP contribution in [-0.4, -0.2) is 23.5 Å². The molecule has 1 aliphatic carbocycles. The molecule has 1 heterocycles. The summed E-state index contributed by atoms with van der Waals surface area (Å²) in [6, 6.07) is 5.64. The molecule has 1 aromatic carbocycles. The Balaban J connectivity index is 1.65. The molecule has 4 heteroatoms. The molecule has 0 bridgehead atoms. The highest BCUT2D eigenvalue weighted by Crippen LogP contribution is 2.38. The van der Waals surface area contributed by atoms with E-state index in [0.717, 1.165) is 48.4 Å². The van der Waals surface area contributed by atoms with Gasteiger partial charge < -0.3 is 10.4 Å². The highest BCUT2D eigenvalue weighted by atomic mass is 32.2. The van der Waals surface area contributed by atoms with Crippen LogP contribution < -0.4 is 5.32 Å². The monoisotopic (exact) mass is 281 g/mol. The third-order valence-corrected chi connectivity index (χ3v) is 5.35. The molecule has 0 radical (unpaired) electrons. The van der Waals surface area contributed by atoms with Gasteiger partial charge in [-0.1, -0.05) is 12.1 Å². The van der Waals surface area contributed by atoms with E-state index in [9.17, 15) is 9.50 Å². The Kier molecular flexibility index (Phi) is 4.10. The number of aliphatic hydroxyl groups is 1. The van der Waals surface area contributed by atoms with Gasteiger partial charge in [0.05, 0.1) is 6.10 Å². The minimum absolute atomic E-state index is 0.0923. The first kappa shape index (κ1) is 13.4. The van der Waals surface area contributed by atoms with Crippen molar-refractivity contribution < 1.29 is 9.50 Å². The zero-order chi connectivity index (χ0) is 13.2. The number of hydrogen-bond donors (Lipinski definition) is 2. The van der Waals surface area contributed by atoms with Crippen molar-refractivity contribution in [2.45, 2.75) is 42.7 Å². The second-order valence-corrected chi connectivity index (χ2v) is 6.69. The average Bonchev–Trinajstić information content (AvgIpc) is 2.83. The molecular formula is C15H20FNOS. The Hall–Kier alpha value is -0.580. The first-order chi connectivity index (χ1) is 9.24. The lowest BCUT2D eigenvalue weighted by Crippen LogP contribution is -2.29. The third kappa shape index (κ3) is 2.96. The van der Waals surface area contributed by atoms with Crippen LogP contribution in [0.3, 0.4) is 0 Å². The van der Waals surface area contributed by atoms with Crippen molar-refractivity contribution in [3.63, 3.8) is 0 Å². The first-order valence-electron chi connectivity index (χ1n) is 7.06. The van der Waals surface area contributed by atoms with Gasteiger partial charge in [0.2, 0.25) is 0 Å². The van der Waals surface area contributed by atoms with Gasteiger partial charge >= 0.3 is 0 Å². The molecule has 1 aromatic rings. The largest absolute Gasteiger partial charge is 0.393 e. The number of halogens is 1. The molecule has 0 saturated heterocycles. The fraction of sp³-hybridized carbons (Fsp3) is 0.600. The summed E-state index contributed by atoms with van der Waals surface area (Å²) in [6.45, 7) is 0.933. The Morgan fingerprint density at radius 2 is 2.21 bits per heavy atom. The second kappa shape index (κ2) is 5.81. The summed E-state index contributed by atoms with van der Waals surface area (Å²) in [4.78, 5) is 0.817. The van der Waals surface area contributed by atoms with Crippen molar-refractivity contribution in [3.8, 4) is 0 Å². The van der Waals surface area contributed by atoms with Gasteiger partial charge in [0.1, 0.15) is 5.82 Å². The van der Waals surface area contributed by atoms with Gasteiger partial charge in [-0.2, -0.15) is 0 Å². The van der Waals surface area contributed by atoms with E-state index in [2.05, 4.69) is 5.32 Å². The van der Waals surface area contributed by atoms with Crippen LogP contribution in [0.1, 0.15) is 37.3 Å². The first-order valence-corrected chi connectivity index (χ1v) is 8.05. The number of aliphatic hydroxyl groups excluding tert-OH is 1. The Morgan fingerprint density at radius 3 is 3.00 bits per heavy atom. The normalized spacial score (nSPS) is 30.3. The summed E-state index contributed by atoms with van der Waals surface area (Å²) in [5.41, 5.74) is 1.11. The summed E-state index contributed by atoms with van der Waals surface area (Å²) in [7, 11) is 0. The molecule has 1 saturated carbocycles. The minimum atomic E-state index is -0.113. The molecule has 0 spiro atoms. The lowest BCUT2D eigenvalue weighted by Gasteiger charge is -2.27. The maximum Gasteiger partial charge on any atom is 0.137 e. The van der Waals surface area contributed by atoms with E-state index in [1.165, 1.54) is 0 Å². The van der Waals surface area contributed by atoms with Crippen LogP contribution in [0.15, 0.2) is 23.1 Å². The quantitative estimate of drug-likeness (QED) is 0.893. The summed E-state index contributed by atoms with van der Waals surface area (Å²) in [5, 5.41) is 13.1. The van der Waals surface area contributed by atoms with Gasteiger partial charge in [0.15, 0.2) is 0 Å². The molecule has 3 unspecified atom stereocenters. The highest BCUT2D eigenvalue weighted by molar-refractivity contribution is 7.99. The van der Waals surface area contributed by atoms with E-state index in [1.807, 2.05) is 6.07 Å². The zero-order valence-electron chi connectivity index (χ0n) is 10.9. The molecule has 2 nitrogen and oxygen atoms in total. The second-order valence-electron chi connectivity index (χ2n) is 5.59. The van der Waals surface area contributed by atoms with E-state index in [4.69, 9.17) is 0 Å². The van der Waals surface area contributed by atoms with Crippen molar-refractivity contribution in [1.29, 1.82) is 0 Å². The van der Waals surface area contributed by atoms with E-state index >= 15 is 0 Å².